The largest absolute Gasteiger partial charge is 0.330 e. The molecule has 0 aliphatic carbocycles. The van der Waals surface area contributed by atoms with Crippen molar-refractivity contribution >= 4 is 46.2 Å². The van der Waals surface area contributed by atoms with Crippen LogP contribution in [0.3, 0.4) is 0 Å². The molecule has 3 aromatic rings. The molecule has 0 bridgehead atoms. The molecule has 1 atom stereocenters. The number of hydrogen-bond donors (Lipinski definition) is 1. The summed E-state index contributed by atoms with van der Waals surface area (Å²) in [6.07, 6.45) is 0. The van der Waals surface area contributed by atoms with E-state index >= 15 is 0 Å². The van der Waals surface area contributed by atoms with Crippen molar-refractivity contribution in [3.8, 4) is 0 Å². The SMILES string of the molecule is Cc1ccccc1NP(=O)(C=C(Cl)c1ccccc1)/C=C(/Cl)c1ccccc1. The van der Waals surface area contributed by atoms with Crippen LogP contribution in [0.4, 0.5) is 5.69 Å². The van der Waals surface area contributed by atoms with Crippen LogP contribution in [0.15, 0.2) is 96.6 Å². The van der Waals surface area contributed by atoms with Crippen molar-refractivity contribution in [1.82, 2.24) is 0 Å². The molecule has 2 nitrogen and oxygen atoms in total. The van der Waals surface area contributed by atoms with E-state index in [1.165, 1.54) is 0 Å². The Labute approximate surface area is 175 Å². The van der Waals surface area contributed by atoms with Crippen molar-refractivity contribution in [3.05, 3.63) is 113 Å². The van der Waals surface area contributed by atoms with Crippen LogP contribution in [0.5, 0.6) is 0 Å². The fourth-order valence-corrected chi connectivity index (χ4v) is 5.59. The third-order valence-corrected chi connectivity index (χ3v) is 6.98. The van der Waals surface area contributed by atoms with E-state index in [1.54, 1.807) is 11.6 Å². The van der Waals surface area contributed by atoms with Gasteiger partial charge in [0.05, 0.1) is 10.1 Å². The minimum absolute atomic E-state index is 0.402. The highest BCUT2D eigenvalue weighted by atomic mass is 35.5. The highest BCUT2D eigenvalue weighted by Crippen LogP contribution is 2.53. The Bertz CT molecular complexity index is 987. The maximum Gasteiger partial charge on any atom is 0.216 e. The first kappa shape index (κ1) is 20.5. The Hall–Kier alpha value is -2.25. The molecule has 1 N–H and O–H groups in total. The Kier molecular flexibility index (Phi) is 6.80. The second-order valence-electron chi connectivity index (χ2n) is 6.32. The monoisotopic (exact) mass is 427 g/mol. The van der Waals surface area contributed by atoms with Gasteiger partial charge in [-0.05, 0) is 29.7 Å². The summed E-state index contributed by atoms with van der Waals surface area (Å²) in [5.74, 6) is 3.11. The number of para-hydroxylation sites is 1. The molecule has 0 fully saturated rings. The minimum atomic E-state index is -3.25. The predicted molar refractivity (Wildman–Crippen MR) is 123 cm³/mol. The van der Waals surface area contributed by atoms with E-state index in [2.05, 4.69) is 5.09 Å². The third-order valence-electron chi connectivity index (χ3n) is 4.15. The van der Waals surface area contributed by atoms with Gasteiger partial charge in [0.1, 0.15) is 0 Å². The number of benzene rings is 3. The van der Waals surface area contributed by atoms with Crippen LogP contribution in [0.2, 0.25) is 0 Å². The molecular formula is C23H20Cl2NOP. The van der Waals surface area contributed by atoms with E-state index in [-0.39, 0.29) is 0 Å². The summed E-state index contributed by atoms with van der Waals surface area (Å²) in [6, 6.07) is 26.5. The van der Waals surface area contributed by atoms with Crippen molar-refractivity contribution < 1.29 is 4.57 Å². The van der Waals surface area contributed by atoms with E-state index in [0.29, 0.717) is 10.1 Å². The number of hydrogen-bond acceptors (Lipinski definition) is 1. The Morgan fingerprint density at radius 2 is 1.18 bits per heavy atom. The van der Waals surface area contributed by atoms with Gasteiger partial charge in [0.25, 0.3) is 0 Å². The minimum Gasteiger partial charge on any atom is -0.330 e. The maximum absolute atomic E-state index is 13.9. The zero-order valence-electron chi connectivity index (χ0n) is 15.3. The second kappa shape index (κ2) is 9.30. The summed E-state index contributed by atoms with van der Waals surface area (Å²) in [4.78, 5) is 0. The molecule has 0 aliphatic rings. The molecule has 0 aromatic heterocycles. The molecule has 0 aliphatic heterocycles. The van der Waals surface area contributed by atoms with Crippen molar-refractivity contribution in [2.24, 2.45) is 0 Å². The van der Waals surface area contributed by atoms with Gasteiger partial charge in [0, 0.05) is 17.3 Å². The van der Waals surface area contributed by atoms with Crippen LogP contribution >= 0.6 is 30.5 Å². The van der Waals surface area contributed by atoms with Gasteiger partial charge in [0.15, 0.2) is 0 Å². The average Bonchev–Trinajstić information content (AvgIpc) is 2.71. The zero-order valence-corrected chi connectivity index (χ0v) is 17.8. The lowest BCUT2D eigenvalue weighted by molar-refractivity contribution is 0.589. The van der Waals surface area contributed by atoms with E-state index in [1.807, 2.05) is 91.9 Å². The summed E-state index contributed by atoms with van der Waals surface area (Å²) in [6.45, 7) is 1.96. The summed E-state index contributed by atoms with van der Waals surface area (Å²) in [5.41, 5.74) is 3.34. The second-order valence-corrected chi connectivity index (χ2v) is 9.30. The molecule has 28 heavy (non-hydrogen) atoms. The Morgan fingerprint density at radius 3 is 1.64 bits per heavy atom. The smallest absolute Gasteiger partial charge is 0.216 e. The lowest BCUT2D eigenvalue weighted by Crippen LogP contribution is -1.96. The Balaban J connectivity index is 2.05. The highest BCUT2D eigenvalue weighted by Gasteiger charge is 2.20. The summed E-state index contributed by atoms with van der Waals surface area (Å²) < 4.78 is 13.9. The molecule has 5 heteroatoms. The molecule has 0 spiro atoms. The quantitative estimate of drug-likeness (QED) is 0.401. The van der Waals surface area contributed by atoms with E-state index in [0.717, 1.165) is 22.4 Å². The Morgan fingerprint density at radius 1 is 0.750 bits per heavy atom. The van der Waals surface area contributed by atoms with E-state index in [4.69, 9.17) is 23.2 Å². The van der Waals surface area contributed by atoms with Gasteiger partial charge in [-0.1, -0.05) is 102 Å². The standard InChI is InChI=1S/C23H20Cl2NOP/c1-18-10-8-9-15-23(18)26-28(27,16-21(24)19-11-4-2-5-12-19)17-22(25)20-13-6-3-7-14-20/h2-17H,1H3,(H,26,27)/b21-16+,22-17?. The zero-order chi connectivity index (χ0) is 20.0. The first-order chi connectivity index (χ1) is 13.5. The van der Waals surface area contributed by atoms with Crippen molar-refractivity contribution in [3.63, 3.8) is 0 Å². The summed E-state index contributed by atoms with van der Waals surface area (Å²) >= 11 is 13.0. The summed E-state index contributed by atoms with van der Waals surface area (Å²) in [7, 11) is -3.25. The van der Waals surface area contributed by atoms with Gasteiger partial charge in [-0.2, -0.15) is 0 Å². The molecule has 3 aromatic carbocycles. The number of nitrogens with one attached hydrogen (secondary N) is 1. The average molecular weight is 428 g/mol. The van der Waals surface area contributed by atoms with Gasteiger partial charge in [-0.15, -0.1) is 0 Å². The predicted octanol–water partition coefficient (Wildman–Crippen LogP) is 8.16. The molecule has 0 amide bonds. The maximum atomic E-state index is 13.9. The lowest BCUT2D eigenvalue weighted by atomic mass is 10.2. The van der Waals surface area contributed by atoms with Gasteiger partial charge in [-0.3, -0.25) is 4.57 Å². The number of halogens is 2. The van der Waals surface area contributed by atoms with Crippen LogP contribution in [0.1, 0.15) is 16.7 Å². The lowest BCUT2D eigenvalue weighted by Gasteiger charge is -2.17. The summed E-state index contributed by atoms with van der Waals surface area (Å²) in [5, 5.41) is 3.96. The number of rotatable bonds is 6. The number of aryl methyl sites for hydroxylation is 1. The van der Waals surface area contributed by atoms with Gasteiger partial charge in [0.2, 0.25) is 7.29 Å². The number of anilines is 1. The molecule has 0 saturated carbocycles. The van der Waals surface area contributed by atoms with E-state index < -0.39 is 7.29 Å². The van der Waals surface area contributed by atoms with Crippen molar-refractivity contribution in [2.75, 3.05) is 5.09 Å². The van der Waals surface area contributed by atoms with Crippen molar-refractivity contribution in [2.45, 2.75) is 6.92 Å². The molecule has 142 valence electrons. The fourth-order valence-electron chi connectivity index (χ4n) is 2.67. The molecule has 0 heterocycles. The molecule has 0 radical (unpaired) electrons. The van der Waals surface area contributed by atoms with Crippen molar-refractivity contribution in [1.29, 1.82) is 0 Å². The fraction of sp³-hybridized carbons (Fsp3) is 0.0435. The highest BCUT2D eigenvalue weighted by molar-refractivity contribution is 7.72. The van der Waals surface area contributed by atoms with Gasteiger partial charge in [-0.25, -0.2) is 0 Å². The van der Waals surface area contributed by atoms with Crippen LogP contribution in [0.25, 0.3) is 10.1 Å². The molecule has 1 unspecified atom stereocenters. The van der Waals surface area contributed by atoms with Crippen LogP contribution in [0, 0.1) is 6.92 Å². The van der Waals surface area contributed by atoms with Crippen LogP contribution in [-0.2, 0) is 4.57 Å². The molecule has 0 saturated heterocycles. The topological polar surface area (TPSA) is 29.1 Å². The first-order valence-corrected chi connectivity index (χ1v) is 11.4. The first-order valence-electron chi connectivity index (χ1n) is 8.78. The van der Waals surface area contributed by atoms with Crippen LogP contribution in [-0.4, -0.2) is 0 Å². The normalized spacial score (nSPS) is 14.4. The van der Waals surface area contributed by atoms with Crippen LogP contribution < -0.4 is 5.09 Å². The molecular weight excluding hydrogens is 408 g/mol. The van der Waals surface area contributed by atoms with Gasteiger partial charge >= 0.3 is 0 Å². The molecule has 3 rings (SSSR count). The third kappa shape index (κ3) is 5.39. The van der Waals surface area contributed by atoms with Gasteiger partial charge < -0.3 is 5.09 Å². The van der Waals surface area contributed by atoms with E-state index in [9.17, 15) is 4.57 Å².